The van der Waals surface area contributed by atoms with Crippen LogP contribution in [0.3, 0.4) is 0 Å². The molecule has 4 nitrogen and oxygen atoms in total. The molecule has 0 heterocycles. The molecule has 17 heavy (non-hydrogen) atoms. The molecule has 0 saturated carbocycles. The minimum Gasteiger partial charge on any atom is -0.354 e. The van der Waals surface area contributed by atoms with Crippen LogP contribution in [0, 0.1) is 0 Å². The van der Waals surface area contributed by atoms with E-state index in [4.69, 9.17) is 0 Å². The van der Waals surface area contributed by atoms with Crippen LogP contribution in [0.25, 0.3) is 0 Å². The van der Waals surface area contributed by atoms with Crippen LogP contribution in [-0.4, -0.2) is 24.9 Å². The minimum atomic E-state index is -0.115. The van der Waals surface area contributed by atoms with Gasteiger partial charge < -0.3 is 10.6 Å². The van der Waals surface area contributed by atoms with Gasteiger partial charge in [0.05, 0.1) is 0 Å². The van der Waals surface area contributed by atoms with Crippen LogP contribution < -0.4 is 10.6 Å². The molecule has 1 aromatic carbocycles. The summed E-state index contributed by atoms with van der Waals surface area (Å²) < 4.78 is 0. The van der Waals surface area contributed by atoms with Crippen molar-refractivity contribution in [2.45, 2.75) is 19.8 Å². The van der Waals surface area contributed by atoms with E-state index in [1.807, 2.05) is 25.1 Å². The summed E-state index contributed by atoms with van der Waals surface area (Å²) in [4.78, 5) is 22.7. The van der Waals surface area contributed by atoms with Gasteiger partial charge in [-0.15, -0.1) is 0 Å². The molecule has 0 radical (unpaired) electrons. The van der Waals surface area contributed by atoms with Gasteiger partial charge in [0, 0.05) is 25.1 Å². The number of amides is 2. The fraction of sp³-hybridized carbons (Fsp3) is 0.385. The molecule has 0 bridgehead atoms. The van der Waals surface area contributed by atoms with E-state index in [1.54, 1.807) is 12.1 Å². The SMILES string of the molecule is CCCC(=O)NCCNC(=O)c1ccccc1. The zero-order valence-corrected chi connectivity index (χ0v) is 10.0. The maximum atomic E-state index is 11.6. The second-order valence-electron chi connectivity index (χ2n) is 3.72. The van der Waals surface area contributed by atoms with Gasteiger partial charge in [-0.1, -0.05) is 25.1 Å². The lowest BCUT2D eigenvalue weighted by atomic mass is 10.2. The molecule has 0 aromatic heterocycles. The molecular weight excluding hydrogens is 216 g/mol. The van der Waals surface area contributed by atoms with Gasteiger partial charge in [0.2, 0.25) is 5.91 Å². The van der Waals surface area contributed by atoms with Crippen molar-refractivity contribution in [3.63, 3.8) is 0 Å². The predicted molar refractivity (Wildman–Crippen MR) is 66.7 cm³/mol. The highest BCUT2D eigenvalue weighted by molar-refractivity contribution is 5.94. The van der Waals surface area contributed by atoms with Crippen molar-refractivity contribution in [1.29, 1.82) is 0 Å². The van der Waals surface area contributed by atoms with Gasteiger partial charge in [0.25, 0.3) is 5.91 Å². The number of rotatable bonds is 6. The summed E-state index contributed by atoms with van der Waals surface area (Å²) in [5, 5.41) is 5.48. The van der Waals surface area contributed by atoms with Crippen molar-refractivity contribution in [2.24, 2.45) is 0 Å². The summed E-state index contributed by atoms with van der Waals surface area (Å²) in [5.41, 5.74) is 0.632. The number of benzene rings is 1. The lowest BCUT2D eigenvalue weighted by molar-refractivity contribution is -0.121. The molecule has 0 aliphatic rings. The van der Waals surface area contributed by atoms with Crippen molar-refractivity contribution in [3.8, 4) is 0 Å². The van der Waals surface area contributed by atoms with Gasteiger partial charge in [-0.3, -0.25) is 9.59 Å². The lowest BCUT2D eigenvalue weighted by Gasteiger charge is -2.06. The summed E-state index contributed by atoms with van der Waals surface area (Å²) in [6.07, 6.45) is 1.37. The average Bonchev–Trinajstić information content (AvgIpc) is 2.36. The molecular formula is C13H18N2O2. The second kappa shape index (κ2) is 7.44. The molecule has 4 heteroatoms. The first-order chi connectivity index (χ1) is 8.24. The van der Waals surface area contributed by atoms with E-state index in [0.29, 0.717) is 25.1 Å². The van der Waals surface area contributed by atoms with Gasteiger partial charge in [0.15, 0.2) is 0 Å². The summed E-state index contributed by atoms with van der Waals surface area (Å²) >= 11 is 0. The molecule has 0 unspecified atom stereocenters. The Hall–Kier alpha value is -1.84. The molecule has 2 N–H and O–H groups in total. The second-order valence-corrected chi connectivity index (χ2v) is 3.72. The van der Waals surface area contributed by atoms with E-state index in [1.165, 1.54) is 0 Å². The Morgan fingerprint density at radius 3 is 2.35 bits per heavy atom. The highest BCUT2D eigenvalue weighted by atomic mass is 16.2. The molecule has 2 amide bonds. The minimum absolute atomic E-state index is 0.0291. The lowest BCUT2D eigenvalue weighted by Crippen LogP contribution is -2.34. The Balaban J connectivity index is 2.19. The Bertz CT molecular complexity index is 363. The number of hydrogen-bond donors (Lipinski definition) is 2. The fourth-order valence-electron chi connectivity index (χ4n) is 1.38. The van der Waals surface area contributed by atoms with E-state index in [9.17, 15) is 9.59 Å². The number of nitrogens with one attached hydrogen (secondary N) is 2. The van der Waals surface area contributed by atoms with Crippen LogP contribution in [-0.2, 0) is 4.79 Å². The van der Waals surface area contributed by atoms with Crippen LogP contribution in [0.2, 0.25) is 0 Å². The van der Waals surface area contributed by atoms with Crippen molar-refractivity contribution in [2.75, 3.05) is 13.1 Å². The monoisotopic (exact) mass is 234 g/mol. The van der Waals surface area contributed by atoms with Crippen molar-refractivity contribution < 1.29 is 9.59 Å². The Kier molecular flexibility index (Phi) is 5.79. The van der Waals surface area contributed by atoms with Crippen molar-refractivity contribution in [3.05, 3.63) is 35.9 Å². The highest BCUT2D eigenvalue weighted by Gasteiger charge is 2.03. The quantitative estimate of drug-likeness (QED) is 0.730. The zero-order chi connectivity index (χ0) is 12.5. The number of hydrogen-bond acceptors (Lipinski definition) is 2. The zero-order valence-electron chi connectivity index (χ0n) is 10.0. The normalized spacial score (nSPS) is 9.71. The van der Waals surface area contributed by atoms with E-state index in [0.717, 1.165) is 6.42 Å². The topological polar surface area (TPSA) is 58.2 Å². The maximum absolute atomic E-state index is 11.6. The number of carbonyl (C=O) groups is 2. The van der Waals surface area contributed by atoms with E-state index in [2.05, 4.69) is 10.6 Å². The molecule has 0 atom stereocenters. The highest BCUT2D eigenvalue weighted by Crippen LogP contribution is 1.96. The van der Waals surface area contributed by atoms with E-state index >= 15 is 0 Å². The summed E-state index contributed by atoms with van der Waals surface area (Å²) in [5.74, 6) is -0.0863. The fourth-order valence-corrected chi connectivity index (χ4v) is 1.38. The molecule has 0 saturated heterocycles. The molecule has 0 spiro atoms. The van der Waals surface area contributed by atoms with E-state index in [-0.39, 0.29) is 11.8 Å². The Morgan fingerprint density at radius 2 is 1.71 bits per heavy atom. The third kappa shape index (κ3) is 5.15. The van der Waals surface area contributed by atoms with Gasteiger partial charge in [-0.2, -0.15) is 0 Å². The van der Waals surface area contributed by atoms with Crippen LogP contribution >= 0.6 is 0 Å². The van der Waals surface area contributed by atoms with Crippen LogP contribution in [0.1, 0.15) is 30.1 Å². The predicted octanol–water partition coefficient (Wildman–Crippen LogP) is 1.33. The van der Waals surface area contributed by atoms with Crippen molar-refractivity contribution >= 4 is 11.8 Å². The third-order valence-corrected chi connectivity index (χ3v) is 2.25. The summed E-state index contributed by atoms with van der Waals surface area (Å²) in [6.45, 7) is 2.87. The van der Waals surface area contributed by atoms with Crippen LogP contribution in [0.15, 0.2) is 30.3 Å². The third-order valence-electron chi connectivity index (χ3n) is 2.25. The first kappa shape index (κ1) is 13.2. The molecule has 0 fully saturated rings. The standard InChI is InChI=1S/C13H18N2O2/c1-2-6-12(16)14-9-10-15-13(17)11-7-4-3-5-8-11/h3-5,7-8H,2,6,9-10H2,1H3,(H,14,16)(H,15,17). The van der Waals surface area contributed by atoms with Crippen LogP contribution in [0.5, 0.6) is 0 Å². The smallest absolute Gasteiger partial charge is 0.251 e. The van der Waals surface area contributed by atoms with Gasteiger partial charge in [-0.05, 0) is 18.6 Å². The molecule has 0 aliphatic carbocycles. The molecule has 1 aromatic rings. The van der Waals surface area contributed by atoms with Crippen molar-refractivity contribution in [1.82, 2.24) is 10.6 Å². The summed E-state index contributed by atoms with van der Waals surface area (Å²) in [7, 11) is 0. The maximum Gasteiger partial charge on any atom is 0.251 e. The first-order valence-electron chi connectivity index (χ1n) is 5.84. The molecule has 1 rings (SSSR count). The molecule has 0 aliphatic heterocycles. The van der Waals surface area contributed by atoms with Gasteiger partial charge in [-0.25, -0.2) is 0 Å². The van der Waals surface area contributed by atoms with Gasteiger partial charge >= 0.3 is 0 Å². The Morgan fingerprint density at radius 1 is 1.06 bits per heavy atom. The average molecular weight is 234 g/mol. The van der Waals surface area contributed by atoms with Crippen LogP contribution in [0.4, 0.5) is 0 Å². The van der Waals surface area contributed by atoms with E-state index < -0.39 is 0 Å². The summed E-state index contributed by atoms with van der Waals surface area (Å²) in [6, 6.07) is 9.01. The van der Waals surface area contributed by atoms with Gasteiger partial charge in [0.1, 0.15) is 0 Å². The largest absolute Gasteiger partial charge is 0.354 e. The number of carbonyl (C=O) groups excluding carboxylic acids is 2. The Labute approximate surface area is 101 Å². The first-order valence-corrected chi connectivity index (χ1v) is 5.84. The molecule has 92 valence electrons.